The smallest absolute Gasteiger partial charge is 0.263 e. The highest BCUT2D eigenvalue weighted by Gasteiger charge is 2.19. The van der Waals surface area contributed by atoms with Crippen LogP contribution in [-0.4, -0.2) is 8.42 Å². The van der Waals surface area contributed by atoms with Gasteiger partial charge in [0.25, 0.3) is 10.0 Å². The second-order valence-corrected chi connectivity index (χ2v) is 6.16. The number of hydrogen-bond acceptors (Lipinski definition) is 4. The maximum Gasteiger partial charge on any atom is 0.263 e. The predicted molar refractivity (Wildman–Crippen MR) is 77.8 cm³/mol. The lowest BCUT2D eigenvalue weighted by molar-refractivity contribution is 0.601. The van der Waals surface area contributed by atoms with Crippen molar-refractivity contribution in [3.63, 3.8) is 0 Å². The zero-order valence-corrected chi connectivity index (χ0v) is 12.0. The van der Waals surface area contributed by atoms with Crippen LogP contribution in [0.2, 0.25) is 5.02 Å². The molecular weight excluding hydrogens is 317 g/mol. The van der Waals surface area contributed by atoms with Crippen molar-refractivity contribution in [3.8, 4) is 6.07 Å². The number of rotatable bonds is 3. The first-order valence-corrected chi connectivity index (χ1v) is 7.47. The van der Waals surface area contributed by atoms with Crippen molar-refractivity contribution < 1.29 is 12.8 Å². The van der Waals surface area contributed by atoms with E-state index in [-0.39, 0.29) is 26.9 Å². The van der Waals surface area contributed by atoms with E-state index in [2.05, 4.69) is 4.72 Å². The highest BCUT2D eigenvalue weighted by atomic mass is 35.5. The largest absolute Gasteiger partial charge is 0.399 e. The Hall–Kier alpha value is -2.30. The van der Waals surface area contributed by atoms with E-state index in [4.69, 9.17) is 22.6 Å². The van der Waals surface area contributed by atoms with Gasteiger partial charge in [-0.15, -0.1) is 0 Å². The molecular formula is C13H9ClFN3O2S. The number of nitrogen functional groups attached to an aromatic ring is 1. The summed E-state index contributed by atoms with van der Waals surface area (Å²) in [4.78, 5) is -0.241. The molecule has 2 aromatic carbocycles. The van der Waals surface area contributed by atoms with E-state index in [1.165, 1.54) is 30.3 Å². The standard InChI is InChI=1S/C13H9ClFN3O2S/c14-11-3-2-10(6-12(11)15)18-21(19,20)13-4-1-9(17)5-8(13)7-16/h1-6,18H,17H2. The van der Waals surface area contributed by atoms with E-state index in [0.29, 0.717) is 0 Å². The van der Waals surface area contributed by atoms with E-state index < -0.39 is 15.8 Å². The first-order chi connectivity index (χ1) is 9.83. The number of anilines is 2. The molecule has 0 saturated heterocycles. The van der Waals surface area contributed by atoms with Gasteiger partial charge < -0.3 is 5.73 Å². The lowest BCUT2D eigenvalue weighted by Crippen LogP contribution is -2.14. The maximum absolute atomic E-state index is 13.3. The first kappa shape index (κ1) is 15.1. The second-order valence-electron chi connectivity index (χ2n) is 4.10. The summed E-state index contributed by atoms with van der Waals surface area (Å²) in [6.07, 6.45) is 0. The molecule has 2 aromatic rings. The fourth-order valence-electron chi connectivity index (χ4n) is 1.64. The van der Waals surface area contributed by atoms with E-state index >= 15 is 0 Å². The molecule has 0 fully saturated rings. The SMILES string of the molecule is N#Cc1cc(N)ccc1S(=O)(=O)Nc1ccc(Cl)c(F)c1. The molecule has 0 atom stereocenters. The molecule has 0 aliphatic carbocycles. The Bertz CT molecular complexity index is 847. The van der Waals surface area contributed by atoms with Gasteiger partial charge in [-0.05, 0) is 36.4 Å². The minimum absolute atomic E-state index is 0.00221. The molecule has 8 heteroatoms. The molecule has 108 valence electrons. The molecule has 0 saturated carbocycles. The van der Waals surface area contributed by atoms with Crippen LogP contribution in [0.15, 0.2) is 41.3 Å². The zero-order valence-electron chi connectivity index (χ0n) is 10.5. The molecule has 0 aliphatic heterocycles. The van der Waals surface area contributed by atoms with Crippen LogP contribution in [-0.2, 0) is 10.0 Å². The summed E-state index contributed by atoms with van der Waals surface area (Å²) in [5.74, 6) is -0.755. The molecule has 0 radical (unpaired) electrons. The molecule has 0 bridgehead atoms. The predicted octanol–water partition coefficient (Wildman–Crippen LogP) is 2.73. The molecule has 0 amide bonds. The van der Waals surface area contributed by atoms with Gasteiger partial charge in [-0.2, -0.15) is 5.26 Å². The van der Waals surface area contributed by atoms with E-state index in [0.717, 1.165) is 6.07 Å². The number of nitriles is 1. The average molecular weight is 326 g/mol. The third-order valence-electron chi connectivity index (χ3n) is 2.59. The summed E-state index contributed by atoms with van der Waals surface area (Å²) < 4.78 is 40.0. The quantitative estimate of drug-likeness (QED) is 0.848. The van der Waals surface area contributed by atoms with Crippen molar-refractivity contribution in [1.29, 1.82) is 5.26 Å². The fourth-order valence-corrected chi connectivity index (χ4v) is 2.95. The van der Waals surface area contributed by atoms with Crippen LogP contribution in [0.3, 0.4) is 0 Å². The Balaban J connectivity index is 2.43. The number of benzene rings is 2. The minimum Gasteiger partial charge on any atom is -0.399 e. The summed E-state index contributed by atoms with van der Waals surface area (Å²) in [6, 6.07) is 9.06. The lowest BCUT2D eigenvalue weighted by Gasteiger charge is -2.10. The number of sulfonamides is 1. The minimum atomic E-state index is -4.04. The van der Waals surface area contributed by atoms with Crippen molar-refractivity contribution in [2.24, 2.45) is 0 Å². The molecule has 3 N–H and O–H groups in total. The van der Waals surface area contributed by atoms with Crippen LogP contribution in [0.5, 0.6) is 0 Å². The Morgan fingerprint density at radius 3 is 2.57 bits per heavy atom. The topological polar surface area (TPSA) is 96.0 Å². The van der Waals surface area contributed by atoms with Gasteiger partial charge in [0, 0.05) is 5.69 Å². The van der Waals surface area contributed by atoms with Gasteiger partial charge >= 0.3 is 0 Å². The Labute approximate surface area is 125 Å². The summed E-state index contributed by atoms with van der Waals surface area (Å²) in [5, 5.41) is 8.86. The van der Waals surface area contributed by atoms with Crippen molar-refractivity contribution in [3.05, 3.63) is 52.8 Å². The summed E-state index contributed by atoms with van der Waals surface area (Å²) in [6.45, 7) is 0. The van der Waals surface area contributed by atoms with Crippen LogP contribution in [0.1, 0.15) is 5.56 Å². The number of nitrogens with zero attached hydrogens (tertiary/aromatic N) is 1. The van der Waals surface area contributed by atoms with Crippen molar-refractivity contribution in [1.82, 2.24) is 0 Å². The fraction of sp³-hybridized carbons (Fsp3) is 0. The third-order valence-corrected chi connectivity index (χ3v) is 4.33. The highest BCUT2D eigenvalue weighted by Crippen LogP contribution is 2.24. The van der Waals surface area contributed by atoms with Crippen molar-refractivity contribution in [2.45, 2.75) is 4.90 Å². The Morgan fingerprint density at radius 2 is 1.95 bits per heavy atom. The number of nitrogens with two attached hydrogens (primary N) is 1. The van der Waals surface area contributed by atoms with Gasteiger partial charge in [0.15, 0.2) is 0 Å². The van der Waals surface area contributed by atoms with Gasteiger partial charge in [0.1, 0.15) is 16.8 Å². The normalized spacial score (nSPS) is 10.9. The molecule has 21 heavy (non-hydrogen) atoms. The van der Waals surface area contributed by atoms with Crippen LogP contribution >= 0.6 is 11.6 Å². The average Bonchev–Trinajstić information content (AvgIpc) is 2.42. The van der Waals surface area contributed by atoms with E-state index in [1.54, 1.807) is 6.07 Å². The summed E-state index contributed by atoms with van der Waals surface area (Å²) in [7, 11) is -4.04. The number of hydrogen-bond donors (Lipinski definition) is 2. The Kier molecular flexibility index (Phi) is 4.02. The maximum atomic E-state index is 13.3. The van der Waals surface area contributed by atoms with Crippen molar-refractivity contribution >= 4 is 33.0 Å². The summed E-state index contributed by atoms with van der Waals surface area (Å²) >= 11 is 5.52. The van der Waals surface area contributed by atoms with Crippen LogP contribution in [0.25, 0.3) is 0 Å². The molecule has 0 aliphatic rings. The highest BCUT2D eigenvalue weighted by molar-refractivity contribution is 7.92. The van der Waals surface area contributed by atoms with Gasteiger partial charge in [-0.3, -0.25) is 4.72 Å². The molecule has 0 aromatic heterocycles. The van der Waals surface area contributed by atoms with E-state index in [9.17, 15) is 12.8 Å². The van der Waals surface area contributed by atoms with Gasteiger partial charge in [0.2, 0.25) is 0 Å². The molecule has 0 spiro atoms. The van der Waals surface area contributed by atoms with Crippen molar-refractivity contribution in [2.75, 3.05) is 10.5 Å². The molecule has 0 heterocycles. The zero-order chi connectivity index (χ0) is 15.6. The monoisotopic (exact) mass is 325 g/mol. The number of halogens is 2. The lowest BCUT2D eigenvalue weighted by atomic mass is 10.2. The van der Waals surface area contributed by atoms with Gasteiger partial charge in [-0.25, -0.2) is 12.8 Å². The molecule has 0 unspecified atom stereocenters. The Morgan fingerprint density at radius 1 is 1.24 bits per heavy atom. The summed E-state index contributed by atoms with van der Waals surface area (Å²) in [5.41, 5.74) is 5.67. The number of nitrogens with one attached hydrogen (secondary N) is 1. The van der Waals surface area contributed by atoms with Crippen LogP contribution in [0.4, 0.5) is 15.8 Å². The molecule has 2 rings (SSSR count). The first-order valence-electron chi connectivity index (χ1n) is 5.61. The van der Waals surface area contributed by atoms with Gasteiger partial charge in [-0.1, -0.05) is 11.6 Å². The van der Waals surface area contributed by atoms with Crippen LogP contribution in [0, 0.1) is 17.1 Å². The van der Waals surface area contributed by atoms with Crippen LogP contribution < -0.4 is 10.5 Å². The molecule has 5 nitrogen and oxygen atoms in total. The second kappa shape index (κ2) is 5.60. The van der Waals surface area contributed by atoms with Gasteiger partial charge in [0.05, 0.1) is 16.3 Å². The van der Waals surface area contributed by atoms with E-state index in [1.807, 2.05) is 0 Å². The third kappa shape index (κ3) is 3.24.